The molecule has 0 radical (unpaired) electrons. The first-order valence-corrected chi connectivity index (χ1v) is 13.2. The van der Waals surface area contributed by atoms with Crippen LogP contribution in [0, 0.1) is 12.8 Å². The van der Waals surface area contributed by atoms with Crippen LogP contribution in [0.2, 0.25) is 10.0 Å². The molecule has 2 N–H and O–H groups in total. The Morgan fingerprint density at radius 2 is 1.86 bits per heavy atom. The molecule has 0 aliphatic heterocycles. The summed E-state index contributed by atoms with van der Waals surface area (Å²) in [6.45, 7) is 10.4. The van der Waals surface area contributed by atoms with Gasteiger partial charge in [-0.2, -0.15) is 0 Å². The van der Waals surface area contributed by atoms with E-state index in [0.717, 1.165) is 11.3 Å². The van der Waals surface area contributed by atoms with Crippen molar-refractivity contribution in [3.63, 3.8) is 0 Å². The molecule has 7 nitrogen and oxygen atoms in total. The van der Waals surface area contributed by atoms with Gasteiger partial charge in [-0.1, -0.05) is 72.6 Å². The van der Waals surface area contributed by atoms with Crippen LogP contribution in [0.5, 0.6) is 0 Å². The second-order valence-corrected chi connectivity index (χ2v) is 10.5. The zero-order valence-electron chi connectivity index (χ0n) is 20.4. The number of nitrogens with zero attached hydrogens (tertiary/aromatic N) is 3. The first kappa shape index (κ1) is 27.8. The van der Waals surface area contributed by atoms with Crippen molar-refractivity contribution in [2.45, 2.75) is 44.9 Å². The van der Waals surface area contributed by atoms with Gasteiger partial charge in [0.05, 0.1) is 22.4 Å². The molecule has 0 fully saturated rings. The minimum atomic E-state index is -0.424. The van der Waals surface area contributed by atoms with Crippen LogP contribution in [0.3, 0.4) is 0 Å². The van der Waals surface area contributed by atoms with E-state index in [-0.39, 0.29) is 28.5 Å². The molecule has 0 saturated carbocycles. The number of anilines is 1. The number of thioether (sulfide) groups is 1. The third-order valence-corrected chi connectivity index (χ3v) is 6.74. The molecule has 2 amide bonds. The average molecular weight is 547 g/mol. The molecular weight excluding hydrogens is 517 g/mol. The number of benzene rings is 2. The largest absolute Gasteiger partial charge is 0.342 e. The van der Waals surface area contributed by atoms with Crippen LogP contribution in [0.4, 0.5) is 5.69 Å². The number of halogens is 2. The van der Waals surface area contributed by atoms with Crippen molar-refractivity contribution in [3.8, 4) is 0 Å². The van der Waals surface area contributed by atoms with Crippen LogP contribution in [-0.4, -0.2) is 32.3 Å². The lowest BCUT2D eigenvalue weighted by Crippen LogP contribution is -2.32. The summed E-state index contributed by atoms with van der Waals surface area (Å²) >= 11 is 13.5. The molecule has 0 saturated heterocycles. The van der Waals surface area contributed by atoms with E-state index < -0.39 is 6.04 Å². The van der Waals surface area contributed by atoms with Crippen molar-refractivity contribution in [2.75, 3.05) is 11.1 Å². The Balaban J connectivity index is 1.78. The predicted octanol–water partition coefficient (Wildman–Crippen LogP) is 6.33. The third-order valence-electron chi connectivity index (χ3n) is 5.22. The first-order chi connectivity index (χ1) is 17.2. The summed E-state index contributed by atoms with van der Waals surface area (Å²) in [5.74, 6) is 0.528. The number of carbonyl (C=O) groups excluding carboxylic acids is 2. The summed E-state index contributed by atoms with van der Waals surface area (Å²) in [4.78, 5) is 25.5. The van der Waals surface area contributed by atoms with Gasteiger partial charge in [0.1, 0.15) is 0 Å². The maximum atomic E-state index is 13.1. The van der Waals surface area contributed by atoms with Gasteiger partial charge in [-0.05, 0) is 49.6 Å². The Morgan fingerprint density at radius 3 is 2.50 bits per heavy atom. The van der Waals surface area contributed by atoms with E-state index in [1.165, 1.54) is 17.8 Å². The molecule has 2 aromatic carbocycles. The summed E-state index contributed by atoms with van der Waals surface area (Å²) in [5.41, 5.74) is 2.18. The van der Waals surface area contributed by atoms with Crippen LogP contribution >= 0.6 is 35.0 Å². The van der Waals surface area contributed by atoms with Crippen LogP contribution in [0.25, 0.3) is 0 Å². The molecule has 36 heavy (non-hydrogen) atoms. The van der Waals surface area contributed by atoms with E-state index in [1.54, 1.807) is 18.2 Å². The summed E-state index contributed by atoms with van der Waals surface area (Å²) in [7, 11) is 0. The van der Waals surface area contributed by atoms with Gasteiger partial charge in [0.25, 0.3) is 5.91 Å². The number of hydrogen-bond acceptors (Lipinski definition) is 5. The molecule has 0 aliphatic carbocycles. The van der Waals surface area contributed by atoms with E-state index in [2.05, 4.69) is 41.3 Å². The Bertz CT molecular complexity index is 1230. The highest BCUT2D eigenvalue weighted by Gasteiger charge is 2.25. The van der Waals surface area contributed by atoms with Gasteiger partial charge >= 0.3 is 0 Å². The lowest BCUT2D eigenvalue weighted by Gasteiger charge is -2.21. The lowest BCUT2D eigenvalue weighted by molar-refractivity contribution is -0.113. The van der Waals surface area contributed by atoms with Gasteiger partial charge in [-0.15, -0.1) is 16.8 Å². The van der Waals surface area contributed by atoms with Crippen LogP contribution < -0.4 is 10.6 Å². The number of carbonyl (C=O) groups is 2. The summed E-state index contributed by atoms with van der Waals surface area (Å²) in [5, 5.41) is 15.9. The number of amides is 2. The second-order valence-electron chi connectivity index (χ2n) is 8.72. The highest BCUT2D eigenvalue weighted by Crippen LogP contribution is 2.27. The summed E-state index contributed by atoms with van der Waals surface area (Å²) in [6, 6.07) is 11.9. The van der Waals surface area contributed by atoms with Crippen molar-refractivity contribution < 1.29 is 9.59 Å². The topological polar surface area (TPSA) is 88.9 Å². The van der Waals surface area contributed by atoms with E-state index in [4.69, 9.17) is 23.2 Å². The fraction of sp³-hybridized carbons (Fsp3) is 0.308. The van der Waals surface area contributed by atoms with Crippen LogP contribution in [0.1, 0.15) is 48.1 Å². The first-order valence-electron chi connectivity index (χ1n) is 11.5. The molecule has 0 unspecified atom stereocenters. The number of allylic oxidation sites excluding steroid dienone is 1. The van der Waals surface area contributed by atoms with Gasteiger partial charge in [-0.3, -0.25) is 9.59 Å². The second kappa shape index (κ2) is 12.9. The number of rotatable bonds is 11. The molecule has 1 aromatic heterocycles. The highest BCUT2D eigenvalue weighted by molar-refractivity contribution is 7.99. The molecule has 3 rings (SSSR count). The van der Waals surface area contributed by atoms with E-state index in [1.807, 2.05) is 35.8 Å². The fourth-order valence-electron chi connectivity index (χ4n) is 3.54. The lowest BCUT2D eigenvalue weighted by atomic mass is 10.0. The Morgan fingerprint density at radius 1 is 1.14 bits per heavy atom. The summed E-state index contributed by atoms with van der Waals surface area (Å²) in [6.07, 6.45) is 2.36. The summed E-state index contributed by atoms with van der Waals surface area (Å²) < 4.78 is 1.87. The molecule has 0 aliphatic rings. The van der Waals surface area contributed by atoms with Crippen molar-refractivity contribution in [3.05, 3.63) is 82.1 Å². The van der Waals surface area contributed by atoms with E-state index >= 15 is 0 Å². The SMILES string of the molecule is C=CCn1c(SCC(=O)Nc2ccc(C)cc2)nnc1[C@H](CC(C)C)NC(=O)c1ccc(Cl)cc1Cl. The standard InChI is InChI=1S/C26H29Cl2N5O2S/c1-5-12-33-24(22(13-16(2)3)30-25(35)20-11-8-18(27)14-21(20)28)31-32-26(33)36-15-23(34)29-19-9-6-17(4)7-10-19/h5-11,14,16,22H,1,12-13,15H2,2-4H3,(H,29,34)(H,30,35)/t22-/m0/s1. The third kappa shape index (κ3) is 7.59. The van der Waals surface area contributed by atoms with Crippen molar-refractivity contribution >= 4 is 52.5 Å². The Labute approximate surface area is 225 Å². The maximum absolute atomic E-state index is 13.1. The smallest absolute Gasteiger partial charge is 0.253 e. The Hall–Kier alpha value is -2.81. The van der Waals surface area contributed by atoms with Gasteiger partial charge in [-0.25, -0.2) is 0 Å². The van der Waals surface area contributed by atoms with Crippen LogP contribution in [-0.2, 0) is 11.3 Å². The van der Waals surface area contributed by atoms with Crippen molar-refractivity contribution in [1.82, 2.24) is 20.1 Å². The number of aromatic nitrogens is 3. The van der Waals surface area contributed by atoms with Crippen molar-refractivity contribution in [2.24, 2.45) is 5.92 Å². The predicted molar refractivity (Wildman–Crippen MR) is 147 cm³/mol. The normalized spacial score (nSPS) is 11.8. The molecule has 1 atom stereocenters. The Kier molecular flexibility index (Phi) is 9.98. The van der Waals surface area contributed by atoms with E-state index in [0.29, 0.717) is 34.5 Å². The van der Waals surface area contributed by atoms with E-state index in [9.17, 15) is 9.59 Å². The molecule has 0 bridgehead atoms. The van der Waals surface area contributed by atoms with Gasteiger partial charge in [0.15, 0.2) is 11.0 Å². The number of hydrogen-bond donors (Lipinski definition) is 2. The number of aryl methyl sites for hydroxylation is 1. The zero-order chi connectivity index (χ0) is 26.2. The zero-order valence-corrected chi connectivity index (χ0v) is 22.8. The van der Waals surface area contributed by atoms with Gasteiger partial charge < -0.3 is 15.2 Å². The molecule has 190 valence electrons. The number of nitrogens with one attached hydrogen (secondary N) is 2. The molecule has 3 aromatic rings. The van der Waals surface area contributed by atoms with Gasteiger partial charge in [0.2, 0.25) is 5.91 Å². The highest BCUT2D eigenvalue weighted by atomic mass is 35.5. The average Bonchev–Trinajstić information content (AvgIpc) is 3.21. The molecule has 1 heterocycles. The molecular formula is C26H29Cl2N5O2S. The minimum absolute atomic E-state index is 0.150. The monoisotopic (exact) mass is 545 g/mol. The van der Waals surface area contributed by atoms with Gasteiger partial charge in [0, 0.05) is 17.3 Å². The molecule has 0 spiro atoms. The molecule has 10 heteroatoms. The van der Waals surface area contributed by atoms with Crippen molar-refractivity contribution in [1.29, 1.82) is 0 Å². The van der Waals surface area contributed by atoms with Crippen LogP contribution in [0.15, 0.2) is 60.3 Å². The quantitative estimate of drug-likeness (QED) is 0.217. The minimum Gasteiger partial charge on any atom is -0.342 e. The maximum Gasteiger partial charge on any atom is 0.253 e. The fourth-order valence-corrected chi connectivity index (χ4v) is 4.79.